The predicted octanol–water partition coefficient (Wildman–Crippen LogP) is 4.94. The lowest BCUT2D eigenvalue weighted by atomic mass is 9.69. The number of unbranched alkanes of at least 4 members (excludes halogenated alkanes) is 1. The van der Waals surface area contributed by atoms with Crippen molar-refractivity contribution in [2.24, 2.45) is 5.92 Å². The molecule has 5 nitrogen and oxygen atoms in total. The Morgan fingerprint density at radius 1 is 1.06 bits per heavy atom. The van der Waals surface area contributed by atoms with E-state index in [1.165, 1.54) is 11.1 Å². The average Bonchev–Trinajstić information content (AvgIpc) is 3.51. The Bertz CT molecular complexity index is 1050. The normalized spacial score (nSPS) is 19.3. The van der Waals surface area contributed by atoms with Crippen LogP contribution >= 0.6 is 0 Å². The Kier molecular flexibility index (Phi) is 7.90. The van der Waals surface area contributed by atoms with Gasteiger partial charge in [0.1, 0.15) is 6.04 Å². The van der Waals surface area contributed by atoms with Gasteiger partial charge in [-0.1, -0.05) is 74.9 Å². The monoisotopic (exact) mass is 471 g/mol. The first-order valence-electron chi connectivity index (χ1n) is 13.1. The van der Waals surface area contributed by atoms with Crippen LogP contribution in [0, 0.1) is 17.2 Å². The Morgan fingerprint density at radius 3 is 2.34 bits per heavy atom. The van der Waals surface area contributed by atoms with Crippen LogP contribution in [0.3, 0.4) is 0 Å². The molecule has 4 rings (SSSR count). The van der Waals surface area contributed by atoms with Gasteiger partial charge in [0, 0.05) is 19.0 Å². The van der Waals surface area contributed by atoms with Crippen LogP contribution in [0.1, 0.15) is 69.1 Å². The molecule has 0 spiro atoms. The first-order valence-corrected chi connectivity index (χ1v) is 13.1. The molecule has 1 aliphatic carbocycles. The predicted molar refractivity (Wildman–Crippen MR) is 138 cm³/mol. The van der Waals surface area contributed by atoms with E-state index in [2.05, 4.69) is 37.4 Å². The zero-order valence-electron chi connectivity index (χ0n) is 21.0. The number of hydrogen-bond acceptors (Lipinski definition) is 3. The van der Waals surface area contributed by atoms with E-state index in [4.69, 9.17) is 0 Å². The van der Waals surface area contributed by atoms with Gasteiger partial charge in [-0.3, -0.25) is 9.59 Å². The van der Waals surface area contributed by atoms with Crippen LogP contribution in [0.15, 0.2) is 54.6 Å². The van der Waals surface area contributed by atoms with E-state index in [1.54, 1.807) is 4.90 Å². The molecular weight excluding hydrogens is 434 g/mol. The summed E-state index contributed by atoms with van der Waals surface area (Å²) in [7, 11) is 0. The van der Waals surface area contributed by atoms with Gasteiger partial charge in [0.2, 0.25) is 11.8 Å². The van der Waals surface area contributed by atoms with E-state index in [-0.39, 0.29) is 29.8 Å². The minimum atomic E-state index is -0.542. The lowest BCUT2D eigenvalue weighted by Crippen LogP contribution is -2.49. The van der Waals surface area contributed by atoms with Crippen LogP contribution in [-0.4, -0.2) is 35.3 Å². The van der Waals surface area contributed by atoms with Crippen LogP contribution in [0.2, 0.25) is 0 Å². The number of nitriles is 1. The third-order valence-corrected chi connectivity index (χ3v) is 7.96. The number of amides is 2. The molecule has 2 aliphatic rings. The highest BCUT2D eigenvalue weighted by Gasteiger charge is 2.37. The SMILES string of the molecule is CC(C)[C@@](C#N)(CCCCC(=O)N1CCC[C@@H]1C(=O)NC1Cc2ccccc2C1)c1ccccc1. The quantitative estimate of drug-likeness (QED) is 0.527. The number of nitrogens with one attached hydrogen (secondary N) is 1. The van der Waals surface area contributed by atoms with Crippen LogP contribution in [-0.2, 0) is 27.8 Å². The summed E-state index contributed by atoms with van der Waals surface area (Å²) in [6.07, 6.45) is 6.00. The molecule has 184 valence electrons. The number of hydrogen-bond donors (Lipinski definition) is 1. The second-order valence-electron chi connectivity index (χ2n) is 10.4. The van der Waals surface area contributed by atoms with Crippen molar-refractivity contribution >= 4 is 11.8 Å². The third-order valence-electron chi connectivity index (χ3n) is 7.96. The van der Waals surface area contributed by atoms with Crippen molar-refractivity contribution in [3.8, 4) is 6.07 Å². The van der Waals surface area contributed by atoms with Gasteiger partial charge in [-0.15, -0.1) is 0 Å². The standard InChI is InChI=1S/C30H37N3O2/c1-22(2)30(21-31,25-13-4-3-5-14-25)17-9-8-16-28(34)33-18-10-15-27(33)29(35)32-26-19-23-11-6-7-12-24(23)20-26/h3-7,11-14,22,26-27H,8-10,15-20H2,1-2H3,(H,32,35)/t27-,30+/m1/s1. The van der Waals surface area contributed by atoms with Crippen molar-refractivity contribution < 1.29 is 9.59 Å². The first-order chi connectivity index (χ1) is 16.9. The van der Waals surface area contributed by atoms with Crippen LogP contribution in [0.4, 0.5) is 0 Å². The molecule has 1 saturated heterocycles. The Balaban J connectivity index is 1.28. The second-order valence-corrected chi connectivity index (χ2v) is 10.4. The van der Waals surface area contributed by atoms with E-state index >= 15 is 0 Å². The molecule has 1 heterocycles. The first kappa shape index (κ1) is 25.0. The molecule has 1 N–H and O–H groups in total. The van der Waals surface area contributed by atoms with E-state index in [9.17, 15) is 14.9 Å². The van der Waals surface area contributed by atoms with Crippen molar-refractivity contribution in [2.75, 3.05) is 6.54 Å². The van der Waals surface area contributed by atoms with Crippen molar-refractivity contribution in [3.63, 3.8) is 0 Å². The van der Waals surface area contributed by atoms with Gasteiger partial charge >= 0.3 is 0 Å². The molecule has 0 bridgehead atoms. The molecule has 5 heteroatoms. The molecule has 0 radical (unpaired) electrons. The van der Waals surface area contributed by atoms with Gasteiger partial charge in [-0.05, 0) is 61.1 Å². The Labute approximate surface area is 209 Å². The number of likely N-dealkylation sites (tertiary alicyclic amines) is 1. The smallest absolute Gasteiger partial charge is 0.243 e. The largest absolute Gasteiger partial charge is 0.351 e. The minimum absolute atomic E-state index is 0.0129. The summed E-state index contributed by atoms with van der Waals surface area (Å²) in [5, 5.41) is 13.3. The number of fused-ring (bicyclic) bond motifs is 1. The fourth-order valence-corrected chi connectivity index (χ4v) is 5.87. The fourth-order valence-electron chi connectivity index (χ4n) is 5.87. The van der Waals surface area contributed by atoms with E-state index in [0.29, 0.717) is 13.0 Å². The lowest BCUT2D eigenvalue weighted by Gasteiger charge is -2.31. The molecular formula is C30H37N3O2. The number of carbonyl (C=O) groups is 2. The summed E-state index contributed by atoms with van der Waals surface area (Å²) in [6, 6.07) is 20.7. The number of rotatable bonds is 9. The van der Waals surface area contributed by atoms with Crippen molar-refractivity contribution in [3.05, 3.63) is 71.3 Å². The maximum atomic E-state index is 13.1. The minimum Gasteiger partial charge on any atom is -0.351 e. The summed E-state index contributed by atoms with van der Waals surface area (Å²) >= 11 is 0. The van der Waals surface area contributed by atoms with Gasteiger partial charge in [0.25, 0.3) is 0 Å². The molecule has 2 aromatic rings. The molecule has 2 aromatic carbocycles. The lowest BCUT2D eigenvalue weighted by molar-refractivity contribution is -0.138. The summed E-state index contributed by atoms with van der Waals surface area (Å²) in [6.45, 7) is 4.84. The third kappa shape index (κ3) is 5.42. The number of benzene rings is 2. The van der Waals surface area contributed by atoms with Gasteiger partial charge in [-0.25, -0.2) is 0 Å². The maximum absolute atomic E-state index is 13.1. The molecule has 1 aliphatic heterocycles. The zero-order chi connectivity index (χ0) is 24.8. The highest BCUT2D eigenvalue weighted by Crippen LogP contribution is 2.37. The zero-order valence-corrected chi connectivity index (χ0v) is 21.0. The summed E-state index contributed by atoms with van der Waals surface area (Å²) in [5.74, 6) is 0.226. The van der Waals surface area contributed by atoms with E-state index in [1.807, 2.05) is 42.5 Å². The van der Waals surface area contributed by atoms with Crippen molar-refractivity contribution in [1.29, 1.82) is 5.26 Å². The van der Waals surface area contributed by atoms with Crippen LogP contribution in [0.5, 0.6) is 0 Å². The van der Waals surface area contributed by atoms with Gasteiger partial charge in [0.15, 0.2) is 0 Å². The highest BCUT2D eigenvalue weighted by atomic mass is 16.2. The Morgan fingerprint density at radius 2 is 1.71 bits per heavy atom. The maximum Gasteiger partial charge on any atom is 0.243 e. The molecule has 1 fully saturated rings. The van der Waals surface area contributed by atoms with Crippen LogP contribution in [0.25, 0.3) is 0 Å². The Hall–Kier alpha value is -3.13. The molecule has 35 heavy (non-hydrogen) atoms. The highest BCUT2D eigenvalue weighted by molar-refractivity contribution is 5.88. The topological polar surface area (TPSA) is 73.2 Å². The molecule has 0 aromatic heterocycles. The van der Waals surface area contributed by atoms with Crippen molar-refractivity contribution in [1.82, 2.24) is 10.2 Å². The van der Waals surface area contributed by atoms with E-state index in [0.717, 1.165) is 50.5 Å². The number of carbonyl (C=O) groups excluding carboxylic acids is 2. The summed E-state index contributed by atoms with van der Waals surface area (Å²) in [5.41, 5.74) is 3.12. The second kappa shape index (κ2) is 11.1. The fraction of sp³-hybridized carbons (Fsp3) is 0.500. The molecule has 0 unspecified atom stereocenters. The number of nitrogens with zero attached hydrogens (tertiary/aromatic N) is 2. The van der Waals surface area contributed by atoms with Crippen molar-refractivity contribution in [2.45, 2.75) is 82.7 Å². The van der Waals surface area contributed by atoms with E-state index < -0.39 is 5.41 Å². The van der Waals surface area contributed by atoms with Gasteiger partial charge in [0.05, 0.1) is 11.5 Å². The molecule has 2 atom stereocenters. The molecule has 0 saturated carbocycles. The summed E-state index contributed by atoms with van der Waals surface area (Å²) in [4.78, 5) is 27.9. The summed E-state index contributed by atoms with van der Waals surface area (Å²) < 4.78 is 0. The van der Waals surface area contributed by atoms with Crippen LogP contribution < -0.4 is 5.32 Å². The van der Waals surface area contributed by atoms with Gasteiger partial charge < -0.3 is 10.2 Å². The molecule has 2 amide bonds. The average molecular weight is 472 g/mol. The van der Waals surface area contributed by atoms with Gasteiger partial charge in [-0.2, -0.15) is 5.26 Å².